The minimum atomic E-state index is -0.181. The molecule has 0 bridgehead atoms. The summed E-state index contributed by atoms with van der Waals surface area (Å²) in [6.07, 6.45) is 3.56. The highest BCUT2D eigenvalue weighted by atomic mass is 16.5. The zero-order valence-corrected chi connectivity index (χ0v) is 17.4. The third kappa shape index (κ3) is 4.95. The van der Waals surface area contributed by atoms with Crippen LogP contribution in [-0.2, 0) is 13.0 Å². The SMILES string of the molecule is COc1ccc(CC(=O)n2nc(-c3cccnc3)nc2NCc2ccc(C)cc2)cc1. The molecule has 0 aliphatic carbocycles. The fourth-order valence-corrected chi connectivity index (χ4v) is 3.10. The first-order valence-electron chi connectivity index (χ1n) is 9.95. The summed E-state index contributed by atoms with van der Waals surface area (Å²) in [5, 5.41) is 7.72. The Labute approximate surface area is 180 Å². The van der Waals surface area contributed by atoms with E-state index >= 15 is 0 Å². The van der Waals surface area contributed by atoms with Crippen LogP contribution < -0.4 is 10.1 Å². The van der Waals surface area contributed by atoms with Crippen molar-refractivity contribution in [2.45, 2.75) is 19.9 Å². The maximum Gasteiger partial charge on any atom is 0.254 e. The van der Waals surface area contributed by atoms with Crippen LogP contribution in [0.5, 0.6) is 5.75 Å². The van der Waals surface area contributed by atoms with E-state index in [4.69, 9.17) is 4.74 Å². The molecule has 31 heavy (non-hydrogen) atoms. The lowest BCUT2D eigenvalue weighted by atomic mass is 10.1. The van der Waals surface area contributed by atoms with Crippen molar-refractivity contribution in [3.8, 4) is 17.1 Å². The van der Waals surface area contributed by atoms with Crippen molar-refractivity contribution in [1.82, 2.24) is 19.7 Å². The highest BCUT2D eigenvalue weighted by Gasteiger charge is 2.18. The van der Waals surface area contributed by atoms with Crippen LogP contribution in [0.1, 0.15) is 21.5 Å². The number of methoxy groups -OCH3 is 1. The minimum Gasteiger partial charge on any atom is -0.497 e. The molecule has 0 aliphatic rings. The van der Waals surface area contributed by atoms with Crippen molar-refractivity contribution in [3.05, 3.63) is 89.7 Å². The molecule has 0 fully saturated rings. The molecule has 4 aromatic rings. The number of hydrogen-bond acceptors (Lipinski definition) is 6. The van der Waals surface area contributed by atoms with Gasteiger partial charge in [0.05, 0.1) is 13.5 Å². The van der Waals surface area contributed by atoms with E-state index in [-0.39, 0.29) is 12.3 Å². The van der Waals surface area contributed by atoms with Gasteiger partial charge in [-0.3, -0.25) is 9.78 Å². The van der Waals surface area contributed by atoms with Crippen LogP contribution in [-0.4, -0.2) is 32.8 Å². The van der Waals surface area contributed by atoms with Gasteiger partial charge in [0.2, 0.25) is 5.95 Å². The first kappa shape index (κ1) is 20.3. The van der Waals surface area contributed by atoms with Crippen LogP contribution in [0.4, 0.5) is 5.95 Å². The van der Waals surface area contributed by atoms with E-state index in [1.165, 1.54) is 10.2 Å². The van der Waals surface area contributed by atoms with Gasteiger partial charge in [-0.1, -0.05) is 42.0 Å². The molecule has 0 atom stereocenters. The van der Waals surface area contributed by atoms with Crippen molar-refractivity contribution >= 4 is 11.9 Å². The molecule has 0 saturated carbocycles. The van der Waals surface area contributed by atoms with Gasteiger partial charge in [0.25, 0.3) is 5.91 Å². The number of hydrogen-bond donors (Lipinski definition) is 1. The summed E-state index contributed by atoms with van der Waals surface area (Å²) in [5.41, 5.74) is 3.90. The number of rotatable bonds is 7. The van der Waals surface area contributed by atoms with Crippen molar-refractivity contribution in [2.24, 2.45) is 0 Å². The lowest BCUT2D eigenvalue weighted by Crippen LogP contribution is -2.18. The molecule has 7 heteroatoms. The summed E-state index contributed by atoms with van der Waals surface area (Å²) in [6, 6.07) is 19.3. The smallest absolute Gasteiger partial charge is 0.254 e. The fourth-order valence-electron chi connectivity index (χ4n) is 3.10. The van der Waals surface area contributed by atoms with Crippen molar-refractivity contribution in [3.63, 3.8) is 0 Å². The lowest BCUT2D eigenvalue weighted by molar-refractivity contribution is 0.0901. The number of carbonyl (C=O) groups is 1. The predicted molar refractivity (Wildman–Crippen MR) is 119 cm³/mol. The van der Waals surface area contributed by atoms with Gasteiger partial charge in [-0.25, -0.2) is 0 Å². The van der Waals surface area contributed by atoms with Gasteiger partial charge in [0.1, 0.15) is 5.75 Å². The van der Waals surface area contributed by atoms with Gasteiger partial charge in [-0.15, -0.1) is 5.10 Å². The second kappa shape index (κ2) is 9.21. The second-order valence-corrected chi connectivity index (χ2v) is 7.17. The molecule has 0 amide bonds. The molecule has 0 spiro atoms. The quantitative estimate of drug-likeness (QED) is 0.490. The second-order valence-electron chi connectivity index (χ2n) is 7.17. The van der Waals surface area contributed by atoms with Gasteiger partial charge in [0.15, 0.2) is 5.82 Å². The Kier molecular flexibility index (Phi) is 6.03. The van der Waals surface area contributed by atoms with E-state index in [1.54, 1.807) is 19.5 Å². The van der Waals surface area contributed by atoms with Gasteiger partial charge in [0, 0.05) is 24.5 Å². The molecule has 0 unspecified atom stereocenters. The molecule has 2 aromatic carbocycles. The average Bonchev–Trinajstić information content (AvgIpc) is 3.24. The Balaban J connectivity index is 1.59. The third-order valence-electron chi connectivity index (χ3n) is 4.85. The molecule has 1 N–H and O–H groups in total. The van der Waals surface area contributed by atoms with Gasteiger partial charge in [-0.05, 0) is 42.3 Å². The highest BCUT2D eigenvalue weighted by molar-refractivity contribution is 5.83. The highest BCUT2D eigenvalue weighted by Crippen LogP contribution is 2.19. The molecule has 0 aliphatic heterocycles. The summed E-state index contributed by atoms with van der Waals surface area (Å²) in [7, 11) is 1.61. The van der Waals surface area contributed by atoms with E-state index in [2.05, 4.69) is 32.5 Å². The van der Waals surface area contributed by atoms with E-state index in [0.717, 1.165) is 22.4 Å². The molecule has 2 heterocycles. The number of benzene rings is 2. The monoisotopic (exact) mass is 413 g/mol. The first-order valence-corrected chi connectivity index (χ1v) is 9.95. The average molecular weight is 413 g/mol. The van der Waals surface area contributed by atoms with Gasteiger partial charge in [-0.2, -0.15) is 9.67 Å². The summed E-state index contributed by atoms with van der Waals surface area (Å²) in [5.74, 6) is 1.41. The Morgan fingerprint density at radius 3 is 2.45 bits per heavy atom. The Hall–Kier alpha value is -4.00. The van der Waals surface area contributed by atoms with Crippen molar-refractivity contribution in [1.29, 1.82) is 0 Å². The lowest BCUT2D eigenvalue weighted by Gasteiger charge is -2.08. The standard InChI is InChI=1S/C24H23N5O2/c1-17-5-7-19(8-6-17)15-26-24-27-23(20-4-3-13-25-16-20)28-29(24)22(30)14-18-9-11-21(31-2)12-10-18/h3-13,16H,14-15H2,1-2H3,(H,26,27,28). The van der Waals surface area contributed by atoms with Crippen LogP contribution in [0, 0.1) is 6.92 Å². The molecule has 156 valence electrons. The van der Waals surface area contributed by atoms with E-state index in [1.807, 2.05) is 55.5 Å². The maximum atomic E-state index is 13.1. The maximum absolute atomic E-state index is 13.1. The topological polar surface area (TPSA) is 81.9 Å². The van der Waals surface area contributed by atoms with Crippen LogP contribution in [0.25, 0.3) is 11.4 Å². The van der Waals surface area contributed by atoms with Gasteiger partial charge < -0.3 is 10.1 Å². The molecular weight excluding hydrogens is 390 g/mol. The number of ether oxygens (including phenoxy) is 1. The van der Waals surface area contributed by atoms with Crippen LogP contribution in [0.2, 0.25) is 0 Å². The first-order chi connectivity index (χ1) is 15.1. The molecule has 7 nitrogen and oxygen atoms in total. The molecule has 0 radical (unpaired) electrons. The van der Waals surface area contributed by atoms with Crippen LogP contribution >= 0.6 is 0 Å². The third-order valence-corrected chi connectivity index (χ3v) is 4.85. The number of aromatic nitrogens is 4. The summed E-state index contributed by atoms with van der Waals surface area (Å²) >= 11 is 0. The number of anilines is 1. The largest absolute Gasteiger partial charge is 0.497 e. The number of nitrogens with one attached hydrogen (secondary N) is 1. The zero-order valence-electron chi connectivity index (χ0n) is 17.4. The fraction of sp³-hybridized carbons (Fsp3) is 0.167. The number of nitrogens with zero attached hydrogens (tertiary/aromatic N) is 4. The molecule has 2 aromatic heterocycles. The van der Waals surface area contributed by atoms with Crippen molar-refractivity contribution < 1.29 is 9.53 Å². The number of pyridine rings is 1. The summed E-state index contributed by atoms with van der Waals surface area (Å²) in [6.45, 7) is 2.58. The Morgan fingerprint density at radius 1 is 1.03 bits per heavy atom. The molecule has 4 rings (SSSR count). The number of aryl methyl sites for hydroxylation is 1. The van der Waals surface area contributed by atoms with Gasteiger partial charge >= 0.3 is 0 Å². The van der Waals surface area contributed by atoms with Crippen LogP contribution in [0.15, 0.2) is 73.1 Å². The van der Waals surface area contributed by atoms with E-state index in [9.17, 15) is 4.79 Å². The summed E-state index contributed by atoms with van der Waals surface area (Å²) in [4.78, 5) is 21.8. The Morgan fingerprint density at radius 2 is 1.77 bits per heavy atom. The summed E-state index contributed by atoms with van der Waals surface area (Å²) < 4.78 is 6.52. The molecular formula is C24H23N5O2. The van der Waals surface area contributed by atoms with Crippen molar-refractivity contribution in [2.75, 3.05) is 12.4 Å². The van der Waals surface area contributed by atoms with E-state index < -0.39 is 0 Å². The number of carbonyl (C=O) groups excluding carboxylic acids is 1. The van der Waals surface area contributed by atoms with Crippen LogP contribution in [0.3, 0.4) is 0 Å². The molecule has 0 saturated heterocycles. The Bertz CT molecular complexity index is 1150. The predicted octanol–water partition coefficient (Wildman–Crippen LogP) is 4.15. The minimum absolute atomic E-state index is 0.181. The van der Waals surface area contributed by atoms with E-state index in [0.29, 0.717) is 18.3 Å². The zero-order chi connectivity index (χ0) is 21.6. The normalized spacial score (nSPS) is 10.6.